The zero-order valence-corrected chi connectivity index (χ0v) is 12.7. The first-order valence-corrected chi connectivity index (χ1v) is 6.83. The van der Waals surface area contributed by atoms with Gasteiger partial charge in [-0.2, -0.15) is 0 Å². The molecule has 0 unspecified atom stereocenters. The summed E-state index contributed by atoms with van der Waals surface area (Å²) in [7, 11) is 0. The van der Waals surface area contributed by atoms with Crippen molar-refractivity contribution in [3.8, 4) is 0 Å². The van der Waals surface area contributed by atoms with Gasteiger partial charge in [0.1, 0.15) is 0 Å². The van der Waals surface area contributed by atoms with Crippen LogP contribution in [0.3, 0.4) is 0 Å². The Morgan fingerprint density at radius 1 is 1.11 bits per heavy atom. The number of nitrogens with one attached hydrogen (secondary N) is 1. The van der Waals surface area contributed by atoms with Crippen molar-refractivity contribution in [3.05, 3.63) is 56.5 Å². The molecule has 0 fully saturated rings. The summed E-state index contributed by atoms with van der Waals surface area (Å²) >= 11 is 15.0. The molecule has 6 heteroatoms. The zero-order valence-electron chi connectivity index (χ0n) is 9.58. The van der Waals surface area contributed by atoms with Gasteiger partial charge in [0.25, 0.3) is 5.91 Å². The highest BCUT2D eigenvalue weighted by molar-refractivity contribution is 9.10. The number of nitrogen functional groups attached to an aromatic ring is 1. The molecule has 0 radical (unpaired) electrons. The predicted octanol–water partition coefficient (Wildman–Crippen LogP) is 4.59. The van der Waals surface area contributed by atoms with E-state index in [1.807, 2.05) is 0 Å². The van der Waals surface area contributed by atoms with Crippen LogP contribution in [0.4, 0.5) is 11.4 Å². The molecule has 0 spiro atoms. The maximum Gasteiger partial charge on any atom is 0.255 e. The number of carbonyl (C=O) groups is 1. The Morgan fingerprint density at radius 2 is 1.79 bits per heavy atom. The Morgan fingerprint density at radius 3 is 2.42 bits per heavy atom. The van der Waals surface area contributed by atoms with Gasteiger partial charge in [-0.3, -0.25) is 4.79 Å². The van der Waals surface area contributed by atoms with Gasteiger partial charge in [0.15, 0.2) is 0 Å². The van der Waals surface area contributed by atoms with Crippen LogP contribution < -0.4 is 11.1 Å². The average Bonchev–Trinajstić information content (AvgIpc) is 2.37. The molecule has 1 amide bonds. The molecule has 98 valence electrons. The summed E-state index contributed by atoms with van der Waals surface area (Å²) in [5.74, 6) is -0.266. The summed E-state index contributed by atoms with van der Waals surface area (Å²) < 4.78 is 0.711. The second kappa shape index (κ2) is 5.82. The van der Waals surface area contributed by atoms with E-state index in [4.69, 9.17) is 28.9 Å². The second-order valence-electron chi connectivity index (χ2n) is 3.82. The Kier molecular flexibility index (Phi) is 4.34. The van der Waals surface area contributed by atoms with Gasteiger partial charge >= 0.3 is 0 Å². The number of hydrogen-bond acceptors (Lipinski definition) is 2. The molecule has 0 saturated carbocycles. The maximum atomic E-state index is 12.0. The fourth-order valence-corrected chi connectivity index (χ4v) is 2.08. The van der Waals surface area contributed by atoms with E-state index in [1.54, 1.807) is 30.3 Å². The van der Waals surface area contributed by atoms with Crippen molar-refractivity contribution in [3.63, 3.8) is 0 Å². The fourth-order valence-electron chi connectivity index (χ4n) is 1.46. The van der Waals surface area contributed by atoms with Crippen molar-refractivity contribution in [2.24, 2.45) is 0 Å². The average molecular weight is 360 g/mol. The Hall–Kier alpha value is -1.23. The van der Waals surface area contributed by atoms with Gasteiger partial charge in [0, 0.05) is 15.7 Å². The highest BCUT2D eigenvalue weighted by atomic mass is 79.9. The Bertz CT molecular complexity index is 647. The maximum absolute atomic E-state index is 12.0. The van der Waals surface area contributed by atoms with E-state index < -0.39 is 0 Å². The molecule has 3 nitrogen and oxygen atoms in total. The standard InChI is InChI=1S/C13H9BrCl2N2O/c14-9-6-8(2-4-10(9)15)18-13(19)7-1-3-11(16)12(17)5-7/h1-6H,17H2,(H,18,19). The minimum Gasteiger partial charge on any atom is -0.398 e. The third-order valence-corrected chi connectivity index (χ3v) is 3.99. The Balaban J connectivity index is 2.20. The molecule has 0 saturated heterocycles. The number of anilines is 2. The molecule has 0 aliphatic heterocycles. The molecule has 2 rings (SSSR count). The molecule has 2 aromatic rings. The normalized spacial score (nSPS) is 10.3. The first-order valence-electron chi connectivity index (χ1n) is 5.29. The number of halogens is 3. The lowest BCUT2D eigenvalue weighted by atomic mass is 10.2. The van der Waals surface area contributed by atoms with E-state index in [0.717, 1.165) is 0 Å². The van der Waals surface area contributed by atoms with Gasteiger partial charge < -0.3 is 11.1 Å². The van der Waals surface area contributed by atoms with E-state index in [9.17, 15) is 4.79 Å². The van der Waals surface area contributed by atoms with Gasteiger partial charge in [0.05, 0.1) is 15.7 Å². The lowest BCUT2D eigenvalue weighted by Gasteiger charge is -2.07. The van der Waals surface area contributed by atoms with Crippen molar-refractivity contribution < 1.29 is 4.79 Å². The first kappa shape index (κ1) is 14.2. The molecular weight excluding hydrogens is 351 g/mol. The van der Waals surface area contributed by atoms with Crippen LogP contribution in [0.15, 0.2) is 40.9 Å². The summed E-state index contributed by atoms with van der Waals surface area (Å²) in [6.07, 6.45) is 0. The van der Waals surface area contributed by atoms with E-state index in [-0.39, 0.29) is 5.91 Å². The summed E-state index contributed by atoms with van der Waals surface area (Å²) in [4.78, 5) is 12.0. The van der Waals surface area contributed by atoms with Gasteiger partial charge in [-0.1, -0.05) is 23.2 Å². The molecular formula is C13H9BrCl2N2O. The zero-order chi connectivity index (χ0) is 14.0. The van der Waals surface area contributed by atoms with Crippen molar-refractivity contribution in [2.45, 2.75) is 0 Å². The van der Waals surface area contributed by atoms with Crippen LogP contribution in [0, 0.1) is 0 Å². The second-order valence-corrected chi connectivity index (χ2v) is 5.49. The summed E-state index contributed by atoms with van der Waals surface area (Å²) in [6.45, 7) is 0. The summed E-state index contributed by atoms with van der Waals surface area (Å²) in [5.41, 5.74) is 7.10. The van der Waals surface area contributed by atoms with Crippen LogP contribution in [-0.2, 0) is 0 Å². The quantitative estimate of drug-likeness (QED) is 0.770. The number of amides is 1. The van der Waals surface area contributed by atoms with Crippen LogP contribution in [0.5, 0.6) is 0 Å². The van der Waals surface area contributed by atoms with Crippen LogP contribution in [-0.4, -0.2) is 5.91 Å². The molecule has 19 heavy (non-hydrogen) atoms. The number of nitrogens with two attached hydrogens (primary N) is 1. The minimum absolute atomic E-state index is 0.266. The topological polar surface area (TPSA) is 55.1 Å². The van der Waals surface area contributed by atoms with E-state index in [2.05, 4.69) is 21.2 Å². The number of hydrogen-bond donors (Lipinski definition) is 2. The monoisotopic (exact) mass is 358 g/mol. The molecule has 2 aromatic carbocycles. The number of carbonyl (C=O) groups excluding carboxylic acids is 1. The lowest BCUT2D eigenvalue weighted by molar-refractivity contribution is 0.102. The highest BCUT2D eigenvalue weighted by Crippen LogP contribution is 2.26. The molecule has 0 heterocycles. The van der Waals surface area contributed by atoms with Crippen molar-refractivity contribution >= 4 is 56.4 Å². The molecule has 0 aromatic heterocycles. The van der Waals surface area contributed by atoms with Gasteiger partial charge in [0.2, 0.25) is 0 Å². The van der Waals surface area contributed by atoms with Gasteiger partial charge in [-0.15, -0.1) is 0 Å². The Labute approximate surface area is 128 Å². The molecule has 0 aliphatic carbocycles. The third kappa shape index (κ3) is 3.41. The van der Waals surface area contributed by atoms with E-state index in [0.29, 0.717) is 31.5 Å². The largest absolute Gasteiger partial charge is 0.398 e. The minimum atomic E-state index is -0.266. The first-order chi connectivity index (χ1) is 8.97. The molecule has 0 atom stereocenters. The highest BCUT2D eigenvalue weighted by Gasteiger charge is 2.08. The molecule has 3 N–H and O–H groups in total. The van der Waals surface area contributed by atoms with Crippen LogP contribution >= 0.6 is 39.1 Å². The fraction of sp³-hybridized carbons (Fsp3) is 0. The number of rotatable bonds is 2. The van der Waals surface area contributed by atoms with E-state index in [1.165, 1.54) is 6.07 Å². The predicted molar refractivity (Wildman–Crippen MR) is 83.0 cm³/mol. The van der Waals surface area contributed by atoms with Crippen molar-refractivity contribution in [1.82, 2.24) is 0 Å². The molecule has 0 bridgehead atoms. The van der Waals surface area contributed by atoms with Gasteiger partial charge in [-0.25, -0.2) is 0 Å². The van der Waals surface area contributed by atoms with Crippen LogP contribution in [0.25, 0.3) is 0 Å². The summed E-state index contributed by atoms with van der Waals surface area (Å²) in [6, 6.07) is 9.85. The SMILES string of the molecule is Nc1cc(C(=O)Nc2ccc(Cl)c(Br)c2)ccc1Cl. The van der Waals surface area contributed by atoms with Crippen LogP contribution in [0.1, 0.15) is 10.4 Å². The van der Waals surface area contributed by atoms with E-state index >= 15 is 0 Å². The van der Waals surface area contributed by atoms with Crippen LogP contribution in [0.2, 0.25) is 10.0 Å². The van der Waals surface area contributed by atoms with Gasteiger partial charge in [-0.05, 0) is 52.3 Å². The lowest BCUT2D eigenvalue weighted by Crippen LogP contribution is -2.12. The third-order valence-electron chi connectivity index (χ3n) is 2.44. The molecule has 0 aliphatic rings. The number of benzene rings is 2. The summed E-state index contributed by atoms with van der Waals surface area (Å²) in [5, 5.41) is 3.75. The van der Waals surface area contributed by atoms with Crippen molar-refractivity contribution in [2.75, 3.05) is 11.1 Å². The van der Waals surface area contributed by atoms with Crippen molar-refractivity contribution in [1.29, 1.82) is 0 Å². The smallest absolute Gasteiger partial charge is 0.255 e.